The lowest BCUT2D eigenvalue weighted by molar-refractivity contribution is 1.31. The van der Waals surface area contributed by atoms with E-state index in [9.17, 15) is 0 Å². The Balaban J connectivity index is 2.14. The minimum atomic E-state index is 1.05. The largest absolute Gasteiger partial charge is 0.245 e. The van der Waals surface area contributed by atoms with Crippen molar-refractivity contribution in [1.82, 2.24) is 4.98 Å². The maximum atomic E-state index is 4.35. The molecule has 0 spiro atoms. The molecule has 0 radical (unpaired) electrons. The van der Waals surface area contributed by atoms with Gasteiger partial charge in [0.15, 0.2) is 0 Å². The van der Waals surface area contributed by atoms with Crippen molar-refractivity contribution < 1.29 is 0 Å². The van der Waals surface area contributed by atoms with E-state index in [1.54, 1.807) is 11.3 Å². The summed E-state index contributed by atoms with van der Waals surface area (Å²) >= 11 is 1.70. The Bertz CT molecular complexity index is 483. The molecule has 0 bridgehead atoms. The second kappa shape index (κ2) is 3.07. The third-order valence-electron chi connectivity index (χ3n) is 2.50. The van der Waals surface area contributed by atoms with Crippen LogP contribution in [0.3, 0.4) is 0 Å². The predicted molar refractivity (Wildman–Crippen MR) is 59.3 cm³/mol. The number of hydrogen-bond donors (Lipinski definition) is 0. The summed E-state index contributed by atoms with van der Waals surface area (Å²) in [5, 5.41) is 3.16. The molecule has 68 valence electrons. The second-order valence-electron chi connectivity index (χ2n) is 3.32. The summed E-state index contributed by atoms with van der Waals surface area (Å²) in [5.74, 6) is 0. The van der Waals surface area contributed by atoms with E-state index < -0.39 is 0 Å². The summed E-state index contributed by atoms with van der Waals surface area (Å²) in [7, 11) is 0. The third-order valence-corrected chi connectivity index (χ3v) is 3.30. The predicted octanol–water partition coefficient (Wildman–Crippen LogP) is 3.13. The van der Waals surface area contributed by atoms with Crippen molar-refractivity contribution >= 4 is 16.9 Å². The number of nitrogens with zero attached hydrogens (tertiary/aromatic N) is 1. The van der Waals surface area contributed by atoms with Gasteiger partial charge >= 0.3 is 0 Å². The van der Waals surface area contributed by atoms with E-state index in [0.29, 0.717) is 0 Å². The molecule has 0 saturated carbocycles. The topological polar surface area (TPSA) is 12.9 Å². The molecule has 2 heteroatoms. The average Bonchev–Trinajstić information content (AvgIpc) is 2.85. The molecule has 0 aliphatic heterocycles. The molecule has 0 N–H and O–H groups in total. The van der Waals surface area contributed by atoms with Crippen LogP contribution in [-0.4, -0.2) is 4.98 Å². The first-order valence-corrected chi connectivity index (χ1v) is 5.51. The van der Waals surface area contributed by atoms with Crippen LogP contribution in [0, 0.1) is 0 Å². The molecule has 1 aliphatic rings. The quantitative estimate of drug-likeness (QED) is 0.687. The average molecular weight is 199 g/mol. The van der Waals surface area contributed by atoms with Crippen LogP contribution in [0.2, 0.25) is 0 Å². The van der Waals surface area contributed by atoms with Crippen molar-refractivity contribution in [3.63, 3.8) is 0 Å². The summed E-state index contributed by atoms with van der Waals surface area (Å²) in [6.45, 7) is 0. The first-order chi connectivity index (χ1) is 6.95. The zero-order chi connectivity index (χ0) is 9.38. The van der Waals surface area contributed by atoms with Gasteiger partial charge < -0.3 is 0 Å². The van der Waals surface area contributed by atoms with Gasteiger partial charge in [0.05, 0.1) is 0 Å². The van der Waals surface area contributed by atoms with Crippen LogP contribution in [0.5, 0.6) is 0 Å². The molecule has 0 fully saturated rings. The first kappa shape index (κ1) is 7.94. The number of rotatable bonds is 1. The number of benzene rings is 1. The zero-order valence-corrected chi connectivity index (χ0v) is 8.42. The number of thiazole rings is 1. The normalized spacial score (nSPS) is 13.9. The van der Waals surface area contributed by atoms with Gasteiger partial charge in [0, 0.05) is 17.2 Å². The maximum absolute atomic E-state index is 4.35. The van der Waals surface area contributed by atoms with Gasteiger partial charge in [0.25, 0.3) is 0 Å². The van der Waals surface area contributed by atoms with Crippen molar-refractivity contribution in [2.24, 2.45) is 0 Å². The fourth-order valence-electron chi connectivity index (χ4n) is 1.84. The van der Waals surface area contributed by atoms with Crippen LogP contribution in [-0.2, 0) is 6.42 Å². The van der Waals surface area contributed by atoms with Crippen molar-refractivity contribution in [2.45, 2.75) is 6.42 Å². The Labute approximate surface area is 86.7 Å². The minimum Gasteiger partial charge on any atom is -0.245 e. The van der Waals surface area contributed by atoms with Gasteiger partial charge in [0.1, 0.15) is 5.01 Å². The SMILES string of the molecule is C1=C(c2nccs2)c2ccccc2C1. The standard InChI is InChI=1S/C12H9NS/c1-2-4-10-9(3-1)5-6-11(10)12-13-7-8-14-12/h1-4,6-8H,5H2. The van der Waals surface area contributed by atoms with Gasteiger partial charge in [-0.05, 0) is 17.5 Å². The molecule has 14 heavy (non-hydrogen) atoms. The number of hydrogen-bond acceptors (Lipinski definition) is 2. The molecule has 1 heterocycles. The highest BCUT2D eigenvalue weighted by Crippen LogP contribution is 2.33. The summed E-state index contributed by atoms with van der Waals surface area (Å²) in [6.07, 6.45) is 5.18. The molecular formula is C12H9NS. The summed E-state index contributed by atoms with van der Waals surface area (Å²) in [6, 6.07) is 8.55. The van der Waals surface area contributed by atoms with Crippen LogP contribution >= 0.6 is 11.3 Å². The van der Waals surface area contributed by atoms with Crippen LogP contribution in [0.1, 0.15) is 16.1 Å². The second-order valence-corrected chi connectivity index (χ2v) is 4.21. The molecule has 1 aromatic carbocycles. The molecule has 1 aliphatic carbocycles. The number of fused-ring (bicyclic) bond motifs is 1. The van der Waals surface area contributed by atoms with E-state index in [1.807, 2.05) is 11.6 Å². The lowest BCUT2D eigenvalue weighted by Gasteiger charge is -2.01. The van der Waals surface area contributed by atoms with E-state index in [1.165, 1.54) is 16.7 Å². The molecular weight excluding hydrogens is 190 g/mol. The fourth-order valence-corrected chi connectivity index (χ4v) is 2.53. The van der Waals surface area contributed by atoms with Gasteiger partial charge in [-0.1, -0.05) is 30.3 Å². The van der Waals surface area contributed by atoms with Gasteiger partial charge in [-0.2, -0.15) is 0 Å². The zero-order valence-electron chi connectivity index (χ0n) is 7.60. The molecule has 0 amide bonds. The molecule has 1 aromatic heterocycles. The monoisotopic (exact) mass is 199 g/mol. The smallest absolute Gasteiger partial charge is 0.123 e. The molecule has 0 unspecified atom stereocenters. The van der Waals surface area contributed by atoms with E-state index in [2.05, 4.69) is 35.3 Å². The lowest BCUT2D eigenvalue weighted by Crippen LogP contribution is -1.84. The summed E-state index contributed by atoms with van der Waals surface area (Å²) in [4.78, 5) is 4.35. The van der Waals surface area contributed by atoms with Crippen molar-refractivity contribution in [3.05, 3.63) is 58.1 Å². The number of allylic oxidation sites excluding steroid dienone is 1. The van der Waals surface area contributed by atoms with Gasteiger partial charge in [-0.15, -0.1) is 11.3 Å². The Kier molecular flexibility index (Phi) is 1.74. The van der Waals surface area contributed by atoms with Crippen LogP contribution in [0.25, 0.3) is 5.57 Å². The highest BCUT2D eigenvalue weighted by Gasteiger charge is 2.15. The van der Waals surface area contributed by atoms with E-state index in [-0.39, 0.29) is 0 Å². The Hall–Kier alpha value is -1.41. The minimum absolute atomic E-state index is 1.05. The lowest BCUT2D eigenvalue weighted by atomic mass is 10.1. The fraction of sp³-hybridized carbons (Fsp3) is 0.0833. The van der Waals surface area contributed by atoms with Crippen molar-refractivity contribution in [2.75, 3.05) is 0 Å². The Morgan fingerprint density at radius 2 is 2.14 bits per heavy atom. The third kappa shape index (κ3) is 1.11. The van der Waals surface area contributed by atoms with Gasteiger partial charge in [-0.25, -0.2) is 4.98 Å². The van der Waals surface area contributed by atoms with Gasteiger partial charge in [-0.3, -0.25) is 0 Å². The number of aromatic nitrogens is 1. The molecule has 0 atom stereocenters. The van der Waals surface area contributed by atoms with E-state index in [4.69, 9.17) is 0 Å². The molecule has 0 saturated heterocycles. The Morgan fingerprint density at radius 3 is 3.00 bits per heavy atom. The summed E-state index contributed by atoms with van der Waals surface area (Å²) in [5.41, 5.74) is 4.07. The van der Waals surface area contributed by atoms with Gasteiger partial charge in [0.2, 0.25) is 0 Å². The first-order valence-electron chi connectivity index (χ1n) is 4.63. The van der Waals surface area contributed by atoms with Crippen LogP contribution in [0.15, 0.2) is 41.9 Å². The molecule has 3 rings (SSSR count). The van der Waals surface area contributed by atoms with Crippen LogP contribution in [0.4, 0.5) is 0 Å². The molecule has 1 nitrogen and oxygen atoms in total. The van der Waals surface area contributed by atoms with Crippen LogP contribution < -0.4 is 0 Å². The molecule has 2 aromatic rings. The summed E-state index contributed by atoms with van der Waals surface area (Å²) < 4.78 is 0. The highest BCUT2D eigenvalue weighted by atomic mass is 32.1. The van der Waals surface area contributed by atoms with E-state index in [0.717, 1.165) is 11.4 Å². The van der Waals surface area contributed by atoms with E-state index >= 15 is 0 Å². The maximum Gasteiger partial charge on any atom is 0.123 e. The van der Waals surface area contributed by atoms with Crippen molar-refractivity contribution in [1.29, 1.82) is 0 Å². The van der Waals surface area contributed by atoms with Crippen molar-refractivity contribution in [3.8, 4) is 0 Å². The Morgan fingerprint density at radius 1 is 1.21 bits per heavy atom. The highest BCUT2D eigenvalue weighted by molar-refractivity contribution is 7.10.